The van der Waals surface area contributed by atoms with Crippen LogP contribution in [0.4, 0.5) is 0 Å². The molecular weight excluding hydrogens is 326 g/mol. The lowest BCUT2D eigenvalue weighted by molar-refractivity contribution is -0.170. The Bertz CT molecular complexity index is 755. The highest BCUT2D eigenvalue weighted by molar-refractivity contribution is 5.83. The van der Waals surface area contributed by atoms with Gasteiger partial charge >= 0.3 is 0 Å². The first-order valence-corrected chi connectivity index (χ1v) is 9.99. The van der Waals surface area contributed by atoms with Crippen LogP contribution in [0.3, 0.4) is 0 Å². The molecule has 1 aromatic rings. The van der Waals surface area contributed by atoms with Crippen LogP contribution in [-0.4, -0.2) is 12.7 Å². The summed E-state index contributed by atoms with van der Waals surface area (Å²) in [4.78, 5) is 13.4. The number of hydrogen-bond acceptors (Lipinski definition) is 3. The van der Waals surface area contributed by atoms with Gasteiger partial charge in [0, 0.05) is 0 Å². The Morgan fingerprint density at radius 2 is 1.77 bits per heavy atom. The molecule has 0 spiro atoms. The average molecular weight is 355 g/mol. The van der Waals surface area contributed by atoms with Crippen molar-refractivity contribution in [3.05, 3.63) is 23.8 Å². The summed E-state index contributed by atoms with van der Waals surface area (Å²) >= 11 is 0. The summed E-state index contributed by atoms with van der Waals surface area (Å²) in [6.45, 7) is 7.18. The normalized spacial score (nSPS) is 40.5. The number of rotatable bonds is 3. The standard InChI is InChI=1S/C22H29NO3/c1-14(16-4-5-17-18(6-16)26-13-25-17)23-19(24)22-9-15-7-20(2,11-22)10-21(3,8-15)12-22/h4-6,14-15H,7-13H2,1-3H3,(H,23,24)/t14-,15?,20-,21+,22?/m0/s1. The molecule has 1 aliphatic heterocycles. The van der Waals surface area contributed by atoms with Crippen molar-refractivity contribution < 1.29 is 14.3 Å². The van der Waals surface area contributed by atoms with Crippen LogP contribution < -0.4 is 14.8 Å². The molecule has 6 rings (SSSR count). The molecule has 4 saturated carbocycles. The molecule has 1 N–H and O–H groups in total. The van der Waals surface area contributed by atoms with Gasteiger partial charge in [-0.05, 0) is 79.9 Å². The Labute approximate surface area is 155 Å². The molecule has 1 amide bonds. The van der Waals surface area contributed by atoms with Crippen LogP contribution in [0.1, 0.15) is 70.9 Å². The summed E-state index contributed by atoms with van der Waals surface area (Å²) in [6.07, 6.45) is 7.13. The quantitative estimate of drug-likeness (QED) is 0.863. The molecule has 140 valence electrons. The zero-order valence-electron chi connectivity index (χ0n) is 16.1. The monoisotopic (exact) mass is 355 g/mol. The third-order valence-electron chi connectivity index (χ3n) is 7.35. The molecule has 4 fully saturated rings. The average Bonchev–Trinajstić information content (AvgIpc) is 2.98. The highest BCUT2D eigenvalue weighted by atomic mass is 16.7. The van der Waals surface area contributed by atoms with E-state index in [-0.39, 0.29) is 24.2 Å². The first kappa shape index (κ1) is 16.5. The lowest BCUT2D eigenvalue weighted by Crippen LogP contribution is -2.60. The fraction of sp³-hybridized carbons (Fsp3) is 0.682. The van der Waals surface area contributed by atoms with Crippen LogP contribution in [0.15, 0.2) is 18.2 Å². The number of ether oxygens (including phenoxy) is 2. The zero-order valence-corrected chi connectivity index (χ0v) is 16.1. The largest absolute Gasteiger partial charge is 0.454 e. The summed E-state index contributed by atoms with van der Waals surface area (Å²) < 4.78 is 10.9. The molecule has 26 heavy (non-hydrogen) atoms. The summed E-state index contributed by atoms with van der Waals surface area (Å²) in [6, 6.07) is 5.94. The maximum atomic E-state index is 13.4. The van der Waals surface area contributed by atoms with Crippen LogP contribution in [0.25, 0.3) is 0 Å². The Morgan fingerprint density at radius 3 is 2.46 bits per heavy atom. The van der Waals surface area contributed by atoms with Crippen LogP contribution >= 0.6 is 0 Å². The Balaban J connectivity index is 1.37. The lowest BCUT2D eigenvalue weighted by atomic mass is 9.40. The second-order valence-electron chi connectivity index (χ2n) is 10.2. The van der Waals surface area contributed by atoms with Crippen molar-refractivity contribution in [2.45, 2.75) is 65.3 Å². The van der Waals surface area contributed by atoms with Gasteiger partial charge in [-0.3, -0.25) is 4.79 Å². The lowest BCUT2D eigenvalue weighted by Gasteiger charge is -2.64. The summed E-state index contributed by atoms with van der Waals surface area (Å²) in [5.74, 6) is 2.56. The van der Waals surface area contributed by atoms with Crippen LogP contribution in [0, 0.1) is 22.2 Å². The smallest absolute Gasteiger partial charge is 0.231 e. The van der Waals surface area contributed by atoms with Crippen molar-refractivity contribution in [1.29, 1.82) is 0 Å². The fourth-order valence-electron chi connectivity index (χ4n) is 7.32. The minimum Gasteiger partial charge on any atom is -0.454 e. The fourth-order valence-corrected chi connectivity index (χ4v) is 7.32. The second-order valence-corrected chi connectivity index (χ2v) is 10.2. The van der Waals surface area contributed by atoms with Crippen LogP contribution in [0.2, 0.25) is 0 Å². The predicted octanol–water partition coefficient (Wildman–Crippen LogP) is 4.59. The maximum absolute atomic E-state index is 13.4. The van der Waals surface area contributed by atoms with Gasteiger partial charge in [0.2, 0.25) is 12.7 Å². The molecule has 0 saturated heterocycles. The number of amides is 1. The number of nitrogens with one attached hydrogen (secondary N) is 1. The molecular formula is C22H29NO3. The van der Waals surface area contributed by atoms with E-state index in [1.165, 1.54) is 19.3 Å². The van der Waals surface area contributed by atoms with Crippen molar-refractivity contribution in [3.8, 4) is 11.5 Å². The first-order chi connectivity index (χ1) is 12.3. The molecule has 0 aromatic heterocycles. The van der Waals surface area contributed by atoms with Crippen molar-refractivity contribution >= 4 is 5.91 Å². The molecule has 1 heterocycles. The van der Waals surface area contributed by atoms with Gasteiger partial charge in [0.15, 0.2) is 11.5 Å². The molecule has 4 bridgehead atoms. The van der Waals surface area contributed by atoms with Crippen molar-refractivity contribution in [1.82, 2.24) is 5.32 Å². The highest BCUT2D eigenvalue weighted by Crippen LogP contribution is 2.69. The molecule has 5 atom stereocenters. The molecule has 4 nitrogen and oxygen atoms in total. The van der Waals surface area contributed by atoms with Gasteiger partial charge in [0.25, 0.3) is 0 Å². The topological polar surface area (TPSA) is 47.6 Å². The van der Waals surface area contributed by atoms with E-state index in [0.717, 1.165) is 42.2 Å². The second kappa shape index (κ2) is 5.17. The van der Waals surface area contributed by atoms with E-state index in [9.17, 15) is 4.79 Å². The number of carbonyl (C=O) groups is 1. The van der Waals surface area contributed by atoms with E-state index < -0.39 is 0 Å². The van der Waals surface area contributed by atoms with Gasteiger partial charge in [-0.2, -0.15) is 0 Å². The van der Waals surface area contributed by atoms with Crippen molar-refractivity contribution in [2.24, 2.45) is 22.2 Å². The maximum Gasteiger partial charge on any atom is 0.231 e. The van der Waals surface area contributed by atoms with E-state index in [1.807, 2.05) is 18.2 Å². The SMILES string of the molecule is C[C@H](NC(=O)C12CC3C[C@@](C)(C1)C[C@](C)(C3)C2)c1ccc2c(c1)OCO2. The van der Waals surface area contributed by atoms with E-state index >= 15 is 0 Å². The molecule has 5 aliphatic rings. The molecule has 2 unspecified atom stereocenters. The third kappa shape index (κ3) is 2.44. The molecule has 0 radical (unpaired) electrons. The number of fused-ring (bicyclic) bond motifs is 1. The van der Waals surface area contributed by atoms with Crippen LogP contribution in [-0.2, 0) is 4.79 Å². The summed E-state index contributed by atoms with van der Waals surface area (Å²) in [7, 11) is 0. The molecule has 4 heteroatoms. The zero-order chi connectivity index (χ0) is 18.2. The van der Waals surface area contributed by atoms with Gasteiger partial charge in [0.05, 0.1) is 11.5 Å². The molecule has 1 aromatic carbocycles. The Morgan fingerprint density at radius 1 is 1.08 bits per heavy atom. The minimum absolute atomic E-state index is 0.0226. The van der Waals surface area contributed by atoms with E-state index in [4.69, 9.17) is 9.47 Å². The van der Waals surface area contributed by atoms with Gasteiger partial charge in [-0.1, -0.05) is 19.9 Å². The van der Waals surface area contributed by atoms with Gasteiger partial charge < -0.3 is 14.8 Å². The number of benzene rings is 1. The third-order valence-corrected chi connectivity index (χ3v) is 7.35. The van der Waals surface area contributed by atoms with Gasteiger partial charge in [0.1, 0.15) is 0 Å². The predicted molar refractivity (Wildman–Crippen MR) is 99.0 cm³/mol. The van der Waals surface area contributed by atoms with E-state index in [0.29, 0.717) is 10.8 Å². The summed E-state index contributed by atoms with van der Waals surface area (Å²) in [5.41, 5.74) is 1.62. The van der Waals surface area contributed by atoms with Crippen molar-refractivity contribution in [2.75, 3.05) is 6.79 Å². The Hall–Kier alpha value is -1.71. The number of hydrogen-bond donors (Lipinski definition) is 1. The van der Waals surface area contributed by atoms with E-state index in [1.54, 1.807) is 0 Å². The Kier molecular flexibility index (Phi) is 3.28. The van der Waals surface area contributed by atoms with Gasteiger partial charge in [-0.15, -0.1) is 0 Å². The minimum atomic E-state index is -0.159. The van der Waals surface area contributed by atoms with E-state index in [2.05, 4.69) is 26.1 Å². The summed E-state index contributed by atoms with van der Waals surface area (Å²) in [5, 5.41) is 3.34. The molecule has 4 aliphatic carbocycles. The van der Waals surface area contributed by atoms with Gasteiger partial charge in [-0.25, -0.2) is 0 Å². The number of carbonyl (C=O) groups excluding carboxylic acids is 1. The first-order valence-electron chi connectivity index (χ1n) is 9.99. The van der Waals surface area contributed by atoms with Crippen molar-refractivity contribution in [3.63, 3.8) is 0 Å². The van der Waals surface area contributed by atoms with Crippen LogP contribution in [0.5, 0.6) is 11.5 Å². The highest BCUT2D eigenvalue weighted by Gasteiger charge is 2.62.